The van der Waals surface area contributed by atoms with Gasteiger partial charge in [-0.1, -0.05) is 18.2 Å². The highest BCUT2D eigenvalue weighted by atomic mass is 19.4. The van der Waals surface area contributed by atoms with Gasteiger partial charge in [0.2, 0.25) is 0 Å². The van der Waals surface area contributed by atoms with E-state index in [-0.39, 0.29) is 5.75 Å². The predicted molar refractivity (Wildman–Crippen MR) is 113 cm³/mol. The van der Waals surface area contributed by atoms with E-state index >= 15 is 8.78 Å². The van der Waals surface area contributed by atoms with Crippen LogP contribution in [0, 0.1) is 11.6 Å². The van der Waals surface area contributed by atoms with Crippen LogP contribution in [0.25, 0.3) is 11.1 Å². The third kappa shape index (κ3) is 5.53. The molecule has 1 atom stereocenters. The Labute approximate surface area is 204 Å². The molecule has 1 N–H and O–H groups in total. The molecule has 0 spiro atoms. The number of benzene rings is 2. The molecule has 2 aromatic heterocycles. The molecule has 0 saturated heterocycles. The van der Waals surface area contributed by atoms with Crippen LogP contribution in [0.3, 0.4) is 0 Å². The van der Waals surface area contributed by atoms with Crippen molar-refractivity contribution in [1.29, 1.82) is 0 Å². The summed E-state index contributed by atoms with van der Waals surface area (Å²) >= 11 is 0. The molecule has 0 aliphatic carbocycles. The normalized spacial score (nSPS) is 13.8. The van der Waals surface area contributed by atoms with Crippen LogP contribution in [0.2, 0.25) is 0 Å². The highest BCUT2D eigenvalue weighted by Gasteiger charge is 2.58. The molecule has 4 rings (SSSR count). The van der Waals surface area contributed by atoms with Crippen molar-refractivity contribution >= 4 is 0 Å². The summed E-state index contributed by atoms with van der Waals surface area (Å²) in [6.07, 6.45) is -2.54. The predicted octanol–water partition coefficient (Wildman–Crippen LogP) is 4.63. The Bertz CT molecular complexity index is 1350. The van der Waals surface area contributed by atoms with E-state index in [4.69, 9.17) is 0 Å². The second-order valence-electron chi connectivity index (χ2n) is 7.89. The number of aliphatic hydroxyl groups is 1. The summed E-state index contributed by atoms with van der Waals surface area (Å²) in [5, 5.41) is 21.6. The number of nitrogens with zero attached hydrogens (tertiary/aromatic N) is 5. The molecule has 1 unspecified atom stereocenters. The minimum Gasteiger partial charge on any atom is -0.484 e. The minimum absolute atomic E-state index is 0.0507. The van der Waals surface area contributed by atoms with Crippen molar-refractivity contribution in [1.82, 2.24) is 25.2 Å². The molecule has 14 heteroatoms. The van der Waals surface area contributed by atoms with E-state index in [1.165, 1.54) is 30.3 Å². The average molecular weight is 527 g/mol. The Morgan fingerprint density at radius 1 is 0.892 bits per heavy atom. The van der Waals surface area contributed by atoms with Gasteiger partial charge >= 0.3 is 12.1 Å². The SMILES string of the molecule is OC(Cn1ncnn1)(c1ccc(F)cc1F)C(F)(F)c1ccc(-c2ccc(OCC(F)(F)F)cc2)cn1. The first-order valence-electron chi connectivity index (χ1n) is 10.4. The second kappa shape index (κ2) is 9.76. The second-order valence-corrected chi connectivity index (χ2v) is 7.89. The number of alkyl halides is 5. The van der Waals surface area contributed by atoms with Crippen LogP contribution < -0.4 is 4.74 Å². The van der Waals surface area contributed by atoms with Crippen LogP contribution in [0.1, 0.15) is 11.3 Å². The van der Waals surface area contributed by atoms with Gasteiger partial charge in [-0.05, 0) is 41.1 Å². The number of tetrazole rings is 1. The Balaban J connectivity index is 1.64. The van der Waals surface area contributed by atoms with E-state index < -0.39 is 53.7 Å². The number of halogens is 7. The third-order valence-corrected chi connectivity index (χ3v) is 5.33. The van der Waals surface area contributed by atoms with Gasteiger partial charge in [0, 0.05) is 23.4 Å². The summed E-state index contributed by atoms with van der Waals surface area (Å²) in [7, 11) is 0. The largest absolute Gasteiger partial charge is 0.484 e. The fourth-order valence-corrected chi connectivity index (χ4v) is 3.52. The van der Waals surface area contributed by atoms with Crippen LogP contribution in [0.15, 0.2) is 67.1 Å². The Morgan fingerprint density at radius 3 is 2.16 bits per heavy atom. The lowest BCUT2D eigenvalue weighted by molar-refractivity contribution is -0.209. The Kier molecular flexibility index (Phi) is 6.86. The van der Waals surface area contributed by atoms with Gasteiger partial charge in [0.15, 0.2) is 18.5 Å². The standard InChI is InChI=1S/C23H16F7N5O2/c24-16-4-7-18(19(25)9-16)21(36,11-35-33-13-32-34-35)23(29,30)20-8-3-15(10-31-20)14-1-5-17(6-2-14)37-12-22(26,27)28/h1-10,13,36H,11-12H2. The van der Waals surface area contributed by atoms with E-state index in [1.54, 1.807) is 0 Å². The van der Waals surface area contributed by atoms with E-state index in [0.29, 0.717) is 34.1 Å². The number of pyridine rings is 1. The summed E-state index contributed by atoms with van der Waals surface area (Å²) in [6, 6.07) is 9.22. The average Bonchev–Trinajstić information content (AvgIpc) is 3.35. The first-order chi connectivity index (χ1) is 17.4. The van der Waals surface area contributed by atoms with Crippen LogP contribution >= 0.6 is 0 Å². The molecule has 0 amide bonds. The topological polar surface area (TPSA) is 86.0 Å². The highest BCUT2D eigenvalue weighted by Crippen LogP contribution is 2.46. The van der Waals surface area contributed by atoms with Crippen molar-refractivity contribution in [3.05, 3.63) is 90.0 Å². The summed E-state index contributed by atoms with van der Waals surface area (Å²) in [6.45, 7) is -2.52. The van der Waals surface area contributed by atoms with Crippen molar-refractivity contribution < 1.29 is 40.6 Å². The first kappa shape index (κ1) is 26.0. The van der Waals surface area contributed by atoms with Gasteiger partial charge in [-0.25, -0.2) is 8.78 Å². The molecule has 194 valence electrons. The number of rotatable bonds is 8. The summed E-state index contributed by atoms with van der Waals surface area (Å²) in [5.41, 5.74) is -4.44. The molecular formula is C23H16F7N5O2. The zero-order chi connectivity index (χ0) is 26.8. The Morgan fingerprint density at radius 2 is 1.59 bits per heavy atom. The quantitative estimate of drug-likeness (QED) is 0.337. The van der Waals surface area contributed by atoms with Crippen molar-refractivity contribution in [3.8, 4) is 16.9 Å². The van der Waals surface area contributed by atoms with Gasteiger partial charge in [0.25, 0.3) is 0 Å². The number of hydrogen-bond acceptors (Lipinski definition) is 6. The summed E-state index contributed by atoms with van der Waals surface area (Å²) in [4.78, 5) is 4.35. The molecule has 0 saturated carbocycles. The lowest BCUT2D eigenvalue weighted by Gasteiger charge is -2.35. The lowest BCUT2D eigenvalue weighted by Crippen LogP contribution is -2.48. The molecule has 2 aromatic carbocycles. The molecule has 0 radical (unpaired) electrons. The van der Waals surface area contributed by atoms with Gasteiger partial charge in [-0.15, -0.1) is 10.2 Å². The zero-order valence-corrected chi connectivity index (χ0v) is 18.5. The molecule has 0 bridgehead atoms. The fourth-order valence-electron chi connectivity index (χ4n) is 3.52. The van der Waals surface area contributed by atoms with Crippen LogP contribution in [0.4, 0.5) is 30.7 Å². The van der Waals surface area contributed by atoms with Gasteiger partial charge < -0.3 is 9.84 Å². The van der Waals surface area contributed by atoms with Crippen LogP contribution in [0.5, 0.6) is 5.75 Å². The smallest absolute Gasteiger partial charge is 0.422 e. The summed E-state index contributed by atoms with van der Waals surface area (Å²) < 4.78 is 101. The minimum atomic E-state index is -4.51. The molecule has 0 aliphatic rings. The third-order valence-electron chi connectivity index (χ3n) is 5.33. The van der Waals surface area contributed by atoms with Gasteiger partial charge in [0.1, 0.15) is 29.6 Å². The van der Waals surface area contributed by atoms with Gasteiger partial charge in [-0.3, -0.25) is 4.98 Å². The van der Waals surface area contributed by atoms with Crippen molar-refractivity contribution in [2.45, 2.75) is 24.2 Å². The van der Waals surface area contributed by atoms with E-state index in [1.807, 2.05) is 0 Å². The molecule has 0 aliphatic heterocycles. The molecular weight excluding hydrogens is 511 g/mol. The highest BCUT2D eigenvalue weighted by molar-refractivity contribution is 5.63. The van der Waals surface area contributed by atoms with Gasteiger partial charge in [0.05, 0.1) is 0 Å². The maximum Gasteiger partial charge on any atom is 0.422 e. The zero-order valence-electron chi connectivity index (χ0n) is 18.5. The maximum absolute atomic E-state index is 15.8. The van der Waals surface area contributed by atoms with Gasteiger partial charge in [-0.2, -0.15) is 26.7 Å². The monoisotopic (exact) mass is 527 g/mol. The van der Waals surface area contributed by atoms with Crippen molar-refractivity contribution in [3.63, 3.8) is 0 Å². The lowest BCUT2D eigenvalue weighted by atomic mass is 9.84. The summed E-state index contributed by atoms with van der Waals surface area (Å²) in [5.74, 6) is -6.76. The molecule has 0 fully saturated rings. The molecule has 4 aromatic rings. The van der Waals surface area contributed by atoms with Crippen LogP contribution in [-0.4, -0.2) is 43.1 Å². The van der Waals surface area contributed by atoms with Crippen molar-refractivity contribution in [2.24, 2.45) is 0 Å². The van der Waals surface area contributed by atoms with E-state index in [9.17, 15) is 27.1 Å². The Hall–Kier alpha value is -4.07. The molecule has 2 heterocycles. The first-order valence-corrected chi connectivity index (χ1v) is 10.4. The number of hydrogen-bond donors (Lipinski definition) is 1. The number of ether oxygens (including phenoxy) is 1. The molecule has 7 nitrogen and oxygen atoms in total. The van der Waals surface area contributed by atoms with E-state index in [0.717, 1.165) is 18.6 Å². The number of aromatic nitrogens is 5. The fraction of sp³-hybridized carbons (Fsp3) is 0.217. The molecule has 37 heavy (non-hydrogen) atoms. The van der Waals surface area contributed by atoms with E-state index in [2.05, 4.69) is 25.1 Å². The van der Waals surface area contributed by atoms with Crippen LogP contribution in [-0.2, 0) is 18.1 Å². The maximum atomic E-state index is 15.8. The van der Waals surface area contributed by atoms with Crippen molar-refractivity contribution in [2.75, 3.05) is 6.61 Å².